The summed E-state index contributed by atoms with van der Waals surface area (Å²) in [5.41, 5.74) is 1.60. The number of rotatable bonds is 6. The molecule has 0 unspecified atom stereocenters. The van der Waals surface area contributed by atoms with Gasteiger partial charge in [-0.1, -0.05) is 29.8 Å². The number of carbonyl (C=O) groups excluding carboxylic acids is 1. The van der Waals surface area contributed by atoms with E-state index >= 15 is 0 Å². The van der Waals surface area contributed by atoms with Crippen molar-refractivity contribution in [1.29, 1.82) is 0 Å². The number of nitrogens with zero attached hydrogens (tertiary/aromatic N) is 2. The molecule has 0 saturated carbocycles. The van der Waals surface area contributed by atoms with E-state index in [-0.39, 0.29) is 24.4 Å². The van der Waals surface area contributed by atoms with E-state index in [9.17, 15) is 9.59 Å². The number of likely N-dealkylation sites (N-methyl/N-ethyl adjacent to an activating group) is 1. The van der Waals surface area contributed by atoms with Crippen LogP contribution >= 0.6 is 22.9 Å². The Kier molecular flexibility index (Phi) is 5.62. The first-order valence-electron chi connectivity index (χ1n) is 8.11. The van der Waals surface area contributed by atoms with Crippen LogP contribution in [0.5, 0.6) is 0 Å². The van der Waals surface area contributed by atoms with Crippen LogP contribution in [-0.4, -0.2) is 33.9 Å². The summed E-state index contributed by atoms with van der Waals surface area (Å²) in [6, 6.07) is 8.87. The average molecular weight is 405 g/mol. The van der Waals surface area contributed by atoms with Crippen molar-refractivity contribution in [2.75, 3.05) is 7.05 Å². The van der Waals surface area contributed by atoms with E-state index in [0.29, 0.717) is 22.2 Å². The van der Waals surface area contributed by atoms with Gasteiger partial charge < -0.3 is 14.4 Å². The number of halogens is 1. The lowest BCUT2D eigenvalue weighted by molar-refractivity contribution is -0.130. The molecule has 0 atom stereocenters. The lowest BCUT2D eigenvalue weighted by Crippen LogP contribution is -2.27. The van der Waals surface area contributed by atoms with Crippen molar-refractivity contribution < 1.29 is 19.1 Å². The monoisotopic (exact) mass is 404 g/mol. The minimum Gasteiger partial charge on any atom is -0.478 e. The molecule has 2 aromatic heterocycles. The summed E-state index contributed by atoms with van der Waals surface area (Å²) in [6.45, 7) is 1.77. The van der Waals surface area contributed by atoms with E-state index in [1.54, 1.807) is 20.0 Å². The summed E-state index contributed by atoms with van der Waals surface area (Å²) in [5, 5.41) is 12.3. The maximum atomic E-state index is 12.5. The van der Waals surface area contributed by atoms with Gasteiger partial charge in [0.05, 0.1) is 23.7 Å². The summed E-state index contributed by atoms with van der Waals surface area (Å²) in [5.74, 6) is -0.444. The zero-order valence-electron chi connectivity index (χ0n) is 14.7. The van der Waals surface area contributed by atoms with Gasteiger partial charge in [0.25, 0.3) is 0 Å². The average Bonchev–Trinajstić information content (AvgIpc) is 3.21. The maximum Gasteiger partial charge on any atom is 0.339 e. The lowest BCUT2D eigenvalue weighted by atomic mass is 10.2. The molecule has 0 aliphatic rings. The molecule has 6 nitrogen and oxygen atoms in total. The molecule has 0 aliphatic heterocycles. The van der Waals surface area contributed by atoms with Crippen molar-refractivity contribution in [3.8, 4) is 10.6 Å². The molecular formula is C19H17ClN2O4S. The van der Waals surface area contributed by atoms with Crippen LogP contribution in [0.2, 0.25) is 5.02 Å². The fourth-order valence-corrected chi connectivity index (χ4v) is 3.73. The number of aryl methyl sites for hydroxylation is 1. The molecule has 1 amide bonds. The smallest absolute Gasteiger partial charge is 0.339 e. The van der Waals surface area contributed by atoms with Crippen molar-refractivity contribution in [2.45, 2.75) is 19.9 Å². The lowest BCUT2D eigenvalue weighted by Gasteiger charge is -2.14. The number of amides is 1. The second kappa shape index (κ2) is 7.94. The molecule has 3 aromatic rings. The molecule has 140 valence electrons. The molecule has 0 bridgehead atoms. The third-order valence-corrected chi connectivity index (χ3v) is 5.26. The molecule has 8 heteroatoms. The number of carbonyl (C=O) groups is 2. The summed E-state index contributed by atoms with van der Waals surface area (Å²) in [4.78, 5) is 29.5. The van der Waals surface area contributed by atoms with Gasteiger partial charge in [-0.05, 0) is 19.1 Å². The van der Waals surface area contributed by atoms with Gasteiger partial charge in [-0.15, -0.1) is 11.3 Å². The maximum absolute atomic E-state index is 12.5. The number of carboxylic acid groups (broad SMARTS) is 1. The predicted molar refractivity (Wildman–Crippen MR) is 103 cm³/mol. The molecule has 0 saturated heterocycles. The van der Waals surface area contributed by atoms with E-state index in [1.165, 1.54) is 22.3 Å². The number of hydrogen-bond acceptors (Lipinski definition) is 5. The molecule has 0 radical (unpaired) electrons. The third-order valence-electron chi connectivity index (χ3n) is 4.01. The summed E-state index contributed by atoms with van der Waals surface area (Å²) >= 11 is 7.62. The van der Waals surface area contributed by atoms with E-state index in [2.05, 4.69) is 4.98 Å². The summed E-state index contributed by atoms with van der Waals surface area (Å²) in [7, 11) is 1.64. The number of benzene rings is 1. The van der Waals surface area contributed by atoms with Gasteiger partial charge in [-0.2, -0.15) is 0 Å². The molecule has 3 rings (SSSR count). The van der Waals surface area contributed by atoms with Gasteiger partial charge >= 0.3 is 5.97 Å². The number of aromatic nitrogens is 1. The quantitative estimate of drug-likeness (QED) is 0.663. The van der Waals surface area contributed by atoms with Gasteiger partial charge in [0, 0.05) is 18.0 Å². The molecule has 1 aromatic carbocycles. The van der Waals surface area contributed by atoms with Crippen LogP contribution in [0.15, 0.2) is 40.1 Å². The van der Waals surface area contributed by atoms with E-state index in [1.807, 2.05) is 23.6 Å². The first-order valence-corrected chi connectivity index (χ1v) is 9.36. The van der Waals surface area contributed by atoms with Crippen LogP contribution in [0, 0.1) is 6.92 Å². The fraction of sp³-hybridized carbons (Fsp3) is 0.211. The Labute approximate surface area is 165 Å². The highest BCUT2D eigenvalue weighted by molar-refractivity contribution is 7.13. The van der Waals surface area contributed by atoms with E-state index < -0.39 is 5.97 Å². The number of carboxylic acids is 1. The first-order chi connectivity index (χ1) is 12.8. The molecule has 0 fully saturated rings. The minimum atomic E-state index is -1.05. The topological polar surface area (TPSA) is 83.6 Å². The van der Waals surface area contributed by atoms with Crippen LogP contribution in [0.25, 0.3) is 10.6 Å². The van der Waals surface area contributed by atoms with Crippen LogP contribution in [0.3, 0.4) is 0 Å². The fourth-order valence-electron chi connectivity index (χ4n) is 2.59. The van der Waals surface area contributed by atoms with Crippen LogP contribution in [-0.2, 0) is 17.8 Å². The largest absolute Gasteiger partial charge is 0.478 e. The standard InChI is InChI=1S/C19H17ClN2O4S/c1-11-15(19(24)25)8-13(26-11)9-22(2)17(23)7-12-10-27-18(21-12)14-5-3-4-6-16(14)20/h3-6,8,10H,7,9H2,1-2H3,(H,24,25). The summed E-state index contributed by atoms with van der Waals surface area (Å²) < 4.78 is 5.42. The molecule has 27 heavy (non-hydrogen) atoms. The van der Waals surface area contributed by atoms with Gasteiger partial charge in [0.15, 0.2) is 0 Å². The highest BCUT2D eigenvalue weighted by Crippen LogP contribution is 2.30. The van der Waals surface area contributed by atoms with E-state index in [0.717, 1.165) is 10.6 Å². The van der Waals surface area contributed by atoms with Gasteiger partial charge in [0.2, 0.25) is 5.91 Å². The molecule has 2 heterocycles. The minimum absolute atomic E-state index is 0.106. The third kappa shape index (κ3) is 4.37. The Hall–Kier alpha value is -2.64. The Morgan fingerprint density at radius 1 is 1.33 bits per heavy atom. The number of hydrogen-bond donors (Lipinski definition) is 1. The van der Waals surface area contributed by atoms with Crippen LogP contribution < -0.4 is 0 Å². The SMILES string of the molecule is Cc1oc(CN(C)C(=O)Cc2csc(-c3ccccc3Cl)n2)cc1C(=O)O. The Morgan fingerprint density at radius 2 is 2.07 bits per heavy atom. The Balaban J connectivity index is 1.66. The molecule has 1 N–H and O–H groups in total. The van der Waals surface area contributed by atoms with Crippen LogP contribution in [0.4, 0.5) is 0 Å². The van der Waals surface area contributed by atoms with Gasteiger partial charge in [-0.3, -0.25) is 4.79 Å². The zero-order chi connectivity index (χ0) is 19.6. The Morgan fingerprint density at radius 3 is 2.74 bits per heavy atom. The first kappa shape index (κ1) is 19.1. The molecule has 0 spiro atoms. The van der Waals surface area contributed by atoms with Gasteiger partial charge in [0.1, 0.15) is 22.1 Å². The second-order valence-electron chi connectivity index (χ2n) is 6.04. The second-order valence-corrected chi connectivity index (χ2v) is 7.30. The highest BCUT2D eigenvalue weighted by atomic mass is 35.5. The van der Waals surface area contributed by atoms with Crippen molar-refractivity contribution >= 4 is 34.8 Å². The van der Waals surface area contributed by atoms with Crippen molar-refractivity contribution in [3.63, 3.8) is 0 Å². The van der Waals surface area contributed by atoms with Crippen molar-refractivity contribution in [1.82, 2.24) is 9.88 Å². The molecule has 0 aliphatic carbocycles. The number of thiazole rings is 1. The molecular weight excluding hydrogens is 388 g/mol. The van der Waals surface area contributed by atoms with Gasteiger partial charge in [-0.25, -0.2) is 9.78 Å². The van der Waals surface area contributed by atoms with Crippen molar-refractivity contribution in [2.24, 2.45) is 0 Å². The van der Waals surface area contributed by atoms with Crippen molar-refractivity contribution in [3.05, 3.63) is 63.5 Å². The van der Waals surface area contributed by atoms with E-state index in [4.69, 9.17) is 21.1 Å². The highest BCUT2D eigenvalue weighted by Gasteiger charge is 2.18. The number of furan rings is 1. The number of aromatic carboxylic acids is 1. The normalized spacial score (nSPS) is 10.8. The van der Waals surface area contributed by atoms with Crippen LogP contribution in [0.1, 0.15) is 27.6 Å². The Bertz CT molecular complexity index is 995. The zero-order valence-corrected chi connectivity index (χ0v) is 16.3. The summed E-state index contributed by atoms with van der Waals surface area (Å²) in [6.07, 6.45) is 0.142. The predicted octanol–water partition coefficient (Wildman–Crippen LogP) is 4.26.